The number of hydrogen-bond acceptors (Lipinski definition) is 2. The fraction of sp³-hybridized carbons (Fsp3) is 0.769. The lowest BCUT2D eigenvalue weighted by atomic mass is 9.91. The highest BCUT2D eigenvalue weighted by Crippen LogP contribution is 2.41. The predicted molar refractivity (Wildman–Crippen MR) is 119 cm³/mol. The molecule has 1 aromatic rings. The molecule has 2 heteroatoms. The minimum absolute atomic E-state index is 0.138. The van der Waals surface area contributed by atoms with Gasteiger partial charge in [-0.25, -0.2) is 0 Å². The third-order valence-corrected chi connectivity index (χ3v) is 6.37. The summed E-state index contributed by atoms with van der Waals surface area (Å²) in [6.45, 7) is 4.99. The van der Waals surface area contributed by atoms with E-state index in [9.17, 15) is 5.11 Å². The average molecular weight is 389 g/mol. The van der Waals surface area contributed by atoms with Crippen LogP contribution in [0.1, 0.15) is 103 Å². The number of rotatable bonds is 17. The molecule has 1 aromatic carbocycles. The highest BCUT2D eigenvalue weighted by atomic mass is 16.5. The molecule has 0 bridgehead atoms. The molecule has 160 valence electrons. The maximum atomic E-state index is 10.0. The van der Waals surface area contributed by atoms with Crippen LogP contribution in [0, 0.1) is 11.8 Å². The van der Waals surface area contributed by atoms with Crippen LogP contribution in [0.15, 0.2) is 30.3 Å². The molecule has 28 heavy (non-hydrogen) atoms. The monoisotopic (exact) mass is 388 g/mol. The molecule has 3 unspecified atom stereocenters. The summed E-state index contributed by atoms with van der Waals surface area (Å²) in [6.07, 6.45) is 17.0. The second-order valence-corrected chi connectivity index (χ2v) is 9.00. The van der Waals surface area contributed by atoms with Crippen LogP contribution in [0.25, 0.3) is 0 Å². The Morgan fingerprint density at radius 2 is 1.50 bits per heavy atom. The van der Waals surface area contributed by atoms with Crippen molar-refractivity contribution in [1.82, 2.24) is 0 Å². The van der Waals surface area contributed by atoms with Gasteiger partial charge in [0.1, 0.15) is 0 Å². The Kier molecular flexibility index (Phi) is 11.9. The van der Waals surface area contributed by atoms with Crippen molar-refractivity contribution in [2.45, 2.75) is 116 Å². The number of aliphatic hydroxyl groups is 1. The van der Waals surface area contributed by atoms with Crippen LogP contribution < -0.4 is 0 Å². The van der Waals surface area contributed by atoms with Crippen LogP contribution in [0.4, 0.5) is 0 Å². The van der Waals surface area contributed by atoms with Crippen LogP contribution >= 0.6 is 0 Å². The molecule has 2 nitrogen and oxygen atoms in total. The molecule has 1 N–H and O–H groups in total. The Morgan fingerprint density at radius 3 is 2.14 bits per heavy atom. The standard InChI is InChI=1S/C26H44O2/c1-3-4-5-6-7-11-16-25(28-21-23-14-9-8-10-15-23)17-12-13-18-26(22(2)27)24-19-20-24/h8-10,14-15,22,24-27H,3-7,11-13,16-21H2,1-2H3. The summed E-state index contributed by atoms with van der Waals surface area (Å²) in [5.41, 5.74) is 1.28. The molecular formula is C26H44O2. The van der Waals surface area contributed by atoms with Crippen molar-refractivity contribution in [1.29, 1.82) is 0 Å². The molecule has 1 saturated carbocycles. The number of hydrogen-bond donors (Lipinski definition) is 1. The Labute approximate surface area is 174 Å². The quantitative estimate of drug-likeness (QED) is 0.284. The van der Waals surface area contributed by atoms with Crippen molar-refractivity contribution in [2.75, 3.05) is 0 Å². The zero-order valence-corrected chi connectivity index (χ0v) is 18.5. The lowest BCUT2D eigenvalue weighted by Gasteiger charge is -2.21. The number of ether oxygens (including phenoxy) is 1. The van der Waals surface area contributed by atoms with Gasteiger partial charge >= 0.3 is 0 Å². The minimum Gasteiger partial charge on any atom is -0.393 e. The van der Waals surface area contributed by atoms with Gasteiger partial charge in [0.15, 0.2) is 0 Å². The average Bonchev–Trinajstić information content (AvgIpc) is 3.53. The molecular weight excluding hydrogens is 344 g/mol. The van der Waals surface area contributed by atoms with Crippen molar-refractivity contribution in [2.24, 2.45) is 11.8 Å². The molecule has 0 aromatic heterocycles. The van der Waals surface area contributed by atoms with E-state index in [1.54, 1.807) is 0 Å². The molecule has 0 aliphatic heterocycles. The number of unbranched alkanes of at least 4 members (excludes halogenated alkanes) is 6. The van der Waals surface area contributed by atoms with Gasteiger partial charge in [0.2, 0.25) is 0 Å². The number of benzene rings is 1. The van der Waals surface area contributed by atoms with Gasteiger partial charge in [0, 0.05) is 0 Å². The van der Waals surface area contributed by atoms with Crippen molar-refractivity contribution in [3.63, 3.8) is 0 Å². The van der Waals surface area contributed by atoms with Crippen molar-refractivity contribution in [3.8, 4) is 0 Å². The van der Waals surface area contributed by atoms with Crippen LogP contribution in [0.3, 0.4) is 0 Å². The first-order chi connectivity index (χ1) is 13.7. The van der Waals surface area contributed by atoms with E-state index in [0.717, 1.165) is 12.5 Å². The Bertz CT molecular complexity index is 478. The summed E-state index contributed by atoms with van der Waals surface area (Å²) in [6, 6.07) is 10.6. The lowest BCUT2D eigenvalue weighted by molar-refractivity contribution is 0.0253. The highest BCUT2D eigenvalue weighted by Gasteiger charge is 2.33. The maximum absolute atomic E-state index is 10.0. The Morgan fingerprint density at radius 1 is 0.893 bits per heavy atom. The van der Waals surface area contributed by atoms with E-state index >= 15 is 0 Å². The van der Waals surface area contributed by atoms with E-state index in [1.807, 2.05) is 6.92 Å². The fourth-order valence-corrected chi connectivity index (χ4v) is 4.40. The third kappa shape index (κ3) is 10.1. The van der Waals surface area contributed by atoms with Gasteiger partial charge in [-0.1, -0.05) is 88.6 Å². The van der Waals surface area contributed by atoms with E-state index in [4.69, 9.17) is 4.74 Å². The topological polar surface area (TPSA) is 29.5 Å². The van der Waals surface area contributed by atoms with Crippen molar-refractivity contribution < 1.29 is 9.84 Å². The van der Waals surface area contributed by atoms with Crippen molar-refractivity contribution in [3.05, 3.63) is 35.9 Å². The summed E-state index contributed by atoms with van der Waals surface area (Å²) < 4.78 is 6.32. The largest absolute Gasteiger partial charge is 0.393 e. The molecule has 0 heterocycles. The lowest BCUT2D eigenvalue weighted by Crippen LogP contribution is -2.19. The van der Waals surface area contributed by atoms with Crippen LogP contribution in [-0.2, 0) is 11.3 Å². The zero-order valence-electron chi connectivity index (χ0n) is 18.5. The van der Waals surface area contributed by atoms with Gasteiger partial charge in [0.25, 0.3) is 0 Å². The molecule has 1 fully saturated rings. The van der Waals surface area contributed by atoms with Gasteiger partial charge in [0.05, 0.1) is 18.8 Å². The zero-order chi connectivity index (χ0) is 20.0. The summed E-state index contributed by atoms with van der Waals surface area (Å²) in [7, 11) is 0. The molecule has 0 saturated heterocycles. The van der Waals surface area contributed by atoms with E-state index in [2.05, 4.69) is 37.3 Å². The van der Waals surface area contributed by atoms with E-state index in [1.165, 1.54) is 89.0 Å². The van der Waals surface area contributed by atoms with Gasteiger partial charge < -0.3 is 9.84 Å². The molecule has 1 aliphatic rings. The van der Waals surface area contributed by atoms with E-state index in [-0.39, 0.29) is 6.10 Å². The van der Waals surface area contributed by atoms with Gasteiger partial charge in [-0.05, 0) is 56.4 Å². The molecule has 0 radical (unpaired) electrons. The first kappa shape index (κ1) is 23.4. The van der Waals surface area contributed by atoms with E-state index < -0.39 is 0 Å². The highest BCUT2D eigenvalue weighted by molar-refractivity contribution is 5.13. The van der Waals surface area contributed by atoms with Crippen LogP contribution in [0.2, 0.25) is 0 Å². The maximum Gasteiger partial charge on any atom is 0.0720 e. The predicted octanol–water partition coefficient (Wildman–Crippen LogP) is 7.29. The first-order valence-electron chi connectivity index (χ1n) is 12.0. The normalized spacial score (nSPS) is 17.4. The first-order valence-corrected chi connectivity index (χ1v) is 12.0. The molecule has 0 spiro atoms. The summed E-state index contributed by atoms with van der Waals surface area (Å²) in [5, 5.41) is 10.0. The van der Waals surface area contributed by atoms with Crippen LogP contribution in [0.5, 0.6) is 0 Å². The fourth-order valence-electron chi connectivity index (χ4n) is 4.40. The second kappa shape index (κ2) is 14.2. The van der Waals surface area contributed by atoms with Gasteiger partial charge in [-0.15, -0.1) is 0 Å². The van der Waals surface area contributed by atoms with Crippen molar-refractivity contribution >= 4 is 0 Å². The Balaban J connectivity index is 1.68. The van der Waals surface area contributed by atoms with E-state index in [0.29, 0.717) is 12.0 Å². The third-order valence-electron chi connectivity index (χ3n) is 6.37. The molecule has 2 rings (SSSR count). The number of aliphatic hydroxyl groups excluding tert-OH is 1. The molecule has 3 atom stereocenters. The summed E-state index contributed by atoms with van der Waals surface area (Å²) >= 11 is 0. The minimum atomic E-state index is -0.138. The molecule has 1 aliphatic carbocycles. The van der Waals surface area contributed by atoms with Crippen LogP contribution in [-0.4, -0.2) is 17.3 Å². The second-order valence-electron chi connectivity index (χ2n) is 9.00. The summed E-state index contributed by atoms with van der Waals surface area (Å²) in [5.74, 6) is 1.33. The van der Waals surface area contributed by atoms with Gasteiger partial charge in [-0.3, -0.25) is 0 Å². The summed E-state index contributed by atoms with van der Waals surface area (Å²) in [4.78, 5) is 0. The smallest absolute Gasteiger partial charge is 0.0720 e. The van der Waals surface area contributed by atoms with Gasteiger partial charge in [-0.2, -0.15) is 0 Å². The SMILES string of the molecule is CCCCCCCCC(CCCCC(C(C)O)C1CC1)OCc1ccccc1. The Hall–Kier alpha value is -0.860. The molecule has 0 amide bonds.